The Bertz CT molecular complexity index is 1090. The maximum Gasteiger partial charge on any atom is 0.408 e. The van der Waals surface area contributed by atoms with Gasteiger partial charge in [0.25, 0.3) is 5.92 Å². The highest BCUT2D eigenvalue weighted by atomic mass is 127. The second-order valence-corrected chi connectivity index (χ2v) is 9.81. The fraction of sp³-hybridized carbons (Fsp3) is 0.391. The number of alkyl halides is 2. The molecule has 31 heavy (non-hydrogen) atoms. The minimum Gasteiger partial charge on any atom is -0.465 e. The Kier molecular flexibility index (Phi) is 4.95. The van der Waals surface area contributed by atoms with Gasteiger partial charge in [-0.3, -0.25) is 9.69 Å². The van der Waals surface area contributed by atoms with Crippen LogP contribution in [0.4, 0.5) is 19.3 Å². The molecule has 1 saturated carbocycles. The molecule has 2 fully saturated rings. The quantitative estimate of drug-likeness (QED) is 0.485. The zero-order valence-electron chi connectivity index (χ0n) is 16.6. The number of carbonyl (C=O) groups excluding carboxylic acids is 1. The number of nitrogens with one attached hydrogen (secondary N) is 1. The third-order valence-corrected chi connectivity index (χ3v) is 7.52. The Morgan fingerprint density at radius 1 is 1.06 bits per heavy atom. The standard InChI is InChI=1S/C23H21F2IN2O3/c24-23(25)17-10-13(26)5-7-15(17)16-8-6-14(11-18(16)23)27-21(29)20-9-12-3-1-2-4-19(12)28(20)22(30)31/h5-8,10-12,19-20H,1-4,9H2,(H,27,29)(H,30,31)/t12?,19-,20?/m0/s1. The van der Waals surface area contributed by atoms with Crippen molar-refractivity contribution in [1.82, 2.24) is 4.90 Å². The lowest BCUT2D eigenvalue weighted by Crippen LogP contribution is -2.47. The van der Waals surface area contributed by atoms with Crippen LogP contribution in [0, 0.1) is 9.49 Å². The van der Waals surface area contributed by atoms with E-state index in [1.807, 2.05) is 22.6 Å². The summed E-state index contributed by atoms with van der Waals surface area (Å²) in [6, 6.07) is 8.56. The third kappa shape index (κ3) is 3.30. The van der Waals surface area contributed by atoms with Gasteiger partial charge in [0.2, 0.25) is 5.91 Å². The molecule has 0 aromatic heterocycles. The monoisotopic (exact) mass is 538 g/mol. The average Bonchev–Trinajstić information content (AvgIpc) is 3.22. The second-order valence-electron chi connectivity index (χ2n) is 8.57. The number of carboxylic acid groups (broad SMARTS) is 1. The Hall–Kier alpha value is -2.23. The van der Waals surface area contributed by atoms with Crippen molar-refractivity contribution in [2.45, 2.75) is 50.1 Å². The van der Waals surface area contributed by atoms with Crippen LogP contribution in [-0.2, 0) is 10.7 Å². The zero-order chi connectivity index (χ0) is 21.9. The Balaban J connectivity index is 1.42. The lowest BCUT2D eigenvalue weighted by atomic mass is 9.85. The van der Waals surface area contributed by atoms with E-state index in [0.29, 0.717) is 17.5 Å². The van der Waals surface area contributed by atoms with Gasteiger partial charge in [0, 0.05) is 26.4 Å². The SMILES string of the molecule is O=C(Nc1ccc2c(c1)C(F)(F)c1cc(I)ccc1-2)C1CC2CCCC[C@@H]2N1C(=O)O. The predicted molar refractivity (Wildman–Crippen MR) is 120 cm³/mol. The van der Waals surface area contributed by atoms with E-state index in [1.54, 1.807) is 24.3 Å². The van der Waals surface area contributed by atoms with Crippen molar-refractivity contribution >= 4 is 40.3 Å². The molecule has 5 nitrogen and oxygen atoms in total. The van der Waals surface area contributed by atoms with Gasteiger partial charge in [-0.1, -0.05) is 25.0 Å². The number of benzene rings is 2. The number of halogens is 3. The van der Waals surface area contributed by atoms with Crippen LogP contribution in [-0.4, -0.2) is 34.1 Å². The summed E-state index contributed by atoms with van der Waals surface area (Å²) in [5.41, 5.74) is 1.03. The number of fused-ring (bicyclic) bond motifs is 4. The molecule has 2 N–H and O–H groups in total. The predicted octanol–water partition coefficient (Wildman–Crippen LogP) is 5.66. The molecule has 1 aliphatic heterocycles. The van der Waals surface area contributed by atoms with Crippen molar-refractivity contribution < 1.29 is 23.5 Å². The topological polar surface area (TPSA) is 69.6 Å². The van der Waals surface area contributed by atoms with Gasteiger partial charge in [0.15, 0.2) is 0 Å². The molecule has 5 rings (SSSR count). The van der Waals surface area contributed by atoms with Gasteiger partial charge in [-0.2, -0.15) is 8.78 Å². The van der Waals surface area contributed by atoms with Crippen LogP contribution in [0.3, 0.4) is 0 Å². The molecule has 2 aliphatic carbocycles. The van der Waals surface area contributed by atoms with E-state index in [0.717, 1.165) is 29.3 Å². The van der Waals surface area contributed by atoms with Gasteiger partial charge < -0.3 is 10.4 Å². The number of nitrogens with zero attached hydrogens (tertiary/aromatic N) is 1. The molecule has 0 bridgehead atoms. The van der Waals surface area contributed by atoms with E-state index in [1.165, 1.54) is 17.0 Å². The molecule has 3 atom stereocenters. The molecule has 2 aromatic rings. The number of likely N-dealkylation sites (tertiary alicyclic amines) is 1. The van der Waals surface area contributed by atoms with Crippen molar-refractivity contribution in [3.63, 3.8) is 0 Å². The molecule has 2 amide bonds. The van der Waals surface area contributed by atoms with Crippen LogP contribution in [0.2, 0.25) is 0 Å². The van der Waals surface area contributed by atoms with Crippen LogP contribution in [0.15, 0.2) is 36.4 Å². The van der Waals surface area contributed by atoms with Crippen LogP contribution < -0.4 is 5.32 Å². The van der Waals surface area contributed by atoms with Crippen molar-refractivity contribution in [1.29, 1.82) is 0 Å². The number of carbonyl (C=O) groups is 2. The van der Waals surface area contributed by atoms with Gasteiger partial charge in [0.1, 0.15) is 6.04 Å². The van der Waals surface area contributed by atoms with Crippen molar-refractivity contribution in [3.8, 4) is 11.1 Å². The van der Waals surface area contributed by atoms with Gasteiger partial charge in [-0.25, -0.2) is 4.79 Å². The van der Waals surface area contributed by atoms with Crippen molar-refractivity contribution in [2.24, 2.45) is 5.92 Å². The summed E-state index contributed by atoms with van der Waals surface area (Å²) >= 11 is 2.01. The highest BCUT2D eigenvalue weighted by Gasteiger charge is 2.48. The minimum atomic E-state index is -3.15. The fourth-order valence-corrected chi connectivity index (χ4v) is 5.96. The maximum atomic E-state index is 15.1. The summed E-state index contributed by atoms with van der Waals surface area (Å²) in [6.07, 6.45) is 3.07. The van der Waals surface area contributed by atoms with Crippen LogP contribution in [0.5, 0.6) is 0 Å². The van der Waals surface area contributed by atoms with Crippen LogP contribution in [0.1, 0.15) is 43.2 Å². The number of hydrogen-bond acceptors (Lipinski definition) is 2. The summed E-state index contributed by atoms with van der Waals surface area (Å²) in [5, 5.41) is 12.4. The lowest BCUT2D eigenvalue weighted by Gasteiger charge is -2.31. The van der Waals surface area contributed by atoms with E-state index in [-0.39, 0.29) is 28.8 Å². The summed E-state index contributed by atoms with van der Waals surface area (Å²) < 4.78 is 30.9. The number of anilines is 1. The summed E-state index contributed by atoms with van der Waals surface area (Å²) in [7, 11) is 0. The van der Waals surface area contributed by atoms with E-state index in [2.05, 4.69) is 5.32 Å². The third-order valence-electron chi connectivity index (χ3n) is 6.85. The van der Waals surface area contributed by atoms with E-state index >= 15 is 8.78 Å². The zero-order valence-corrected chi connectivity index (χ0v) is 18.7. The first-order valence-electron chi connectivity index (χ1n) is 10.4. The Morgan fingerprint density at radius 3 is 2.48 bits per heavy atom. The van der Waals surface area contributed by atoms with Crippen molar-refractivity contribution in [3.05, 3.63) is 51.1 Å². The Morgan fingerprint density at radius 2 is 1.74 bits per heavy atom. The first kappa shape index (κ1) is 20.7. The second kappa shape index (κ2) is 7.43. The molecular formula is C23H21F2IN2O3. The normalized spacial score (nSPS) is 25.5. The molecule has 2 unspecified atom stereocenters. The smallest absolute Gasteiger partial charge is 0.408 e. The molecule has 1 heterocycles. The number of amides is 2. The molecule has 0 spiro atoms. The van der Waals surface area contributed by atoms with Gasteiger partial charge >= 0.3 is 6.09 Å². The maximum absolute atomic E-state index is 15.1. The first-order valence-corrected chi connectivity index (χ1v) is 11.5. The highest BCUT2D eigenvalue weighted by Crippen LogP contribution is 2.52. The molecule has 0 radical (unpaired) electrons. The van der Waals surface area contributed by atoms with Crippen LogP contribution in [0.25, 0.3) is 11.1 Å². The number of rotatable bonds is 2. The molecule has 162 valence electrons. The summed E-state index contributed by atoms with van der Waals surface area (Å²) in [5.74, 6) is -3.42. The summed E-state index contributed by atoms with van der Waals surface area (Å²) in [4.78, 5) is 26.1. The average molecular weight is 538 g/mol. The molecule has 8 heteroatoms. The molecule has 3 aliphatic rings. The van der Waals surface area contributed by atoms with Gasteiger partial charge in [0.05, 0.1) is 0 Å². The van der Waals surface area contributed by atoms with Crippen LogP contribution >= 0.6 is 22.6 Å². The van der Waals surface area contributed by atoms with Gasteiger partial charge in [-0.05, 0) is 83.2 Å². The minimum absolute atomic E-state index is 0.0326. The van der Waals surface area contributed by atoms with Gasteiger partial charge in [-0.15, -0.1) is 0 Å². The first-order chi connectivity index (χ1) is 14.8. The van der Waals surface area contributed by atoms with Crippen molar-refractivity contribution in [2.75, 3.05) is 5.32 Å². The summed E-state index contributed by atoms with van der Waals surface area (Å²) in [6.45, 7) is 0. The Labute approximate surface area is 192 Å². The molecular weight excluding hydrogens is 517 g/mol. The number of hydrogen-bond donors (Lipinski definition) is 2. The lowest BCUT2D eigenvalue weighted by molar-refractivity contribution is -0.120. The largest absolute Gasteiger partial charge is 0.465 e. The van der Waals surface area contributed by atoms with E-state index < -0.39 is 24.0 Å². The molecule has 1 saturated heterocycles. The molecule has 2 aromatic carbocycles. The highest BCUT2D eigenvalue weighted by molar-refractivity contribution is 14.1. The fourth-order valence-electron chi connectivity index (χ4n) is 5.47. The van der Waals surface area contributed by atoms with E-state index in [4.69, 9.17) is 0 Å². The van der Waals surface area contributed by atoms with E-state index in [9.17, 15) is 14.7 Å².